The lowest BCUT2D eigenvalue weighted by atomic mass is 10.3. The molecule has 0 aliphatic rings. The summed E-state index contributed by atoms with van der Waals surface area (Å²) in [7, 11) is 0. The molecule has 0 saturated carbocycles. The largest absolute Gasteiger partial charge is 0.302 e. The number of hydrogen-bond donors (Lipinski definition) is 0. The third-order valence-corrected chi connectivity index (χ3v) is 2.65. The summed E-state index contributed by atoms with van der Waals surface area (Å²) < 4.78 is 2.99. The lowest BCUT2D eigenvalue weighted by molar-refractivity contribution is 0.986. The van der Waals surface area contributed by atoms with E-state index in [1.54, 1.807) is 6.20 Å². The van der Waals surface area contributed by atoms with E-state index in [0.717, 1.165) is 21.5 Å². The second kappa shape index (κ2) is 3.53. The Kier molecular flexibility index (Phi) is 2.37. The number of aryl methyl sites for hydroxylation is 1. The predicted octanol–water partition coefficient (Wildman–Crippen LogP) is 2.65. The average Bonchev–Trinajstić information content (AvgIpc) is 2.48. The Morgan fingerprint density at radius 2 is 2.07 bits per heavy atom. The quantitative estimate of drug-likeness (QED) is 0.781. The maximum absolute atomic E-state index is 4.24. The summed E-state index contributed by atoms with van der Waals surface area (Å²) in [6, 6.07) is 2.02. The Morgan fingerprint density at radius 3 is 2.64 bits per heavy atom. The molecule has 0 fully saturated rings. The van der Waals surface area contributed by atoms with Crippen LogP contribution in [0.3, 0.4) is 0 Å². The van der Waals surface area contributed by atoms with Gasteiger partial charge in [0.1, 0.15) is 0 Å². The Bertz CT molecular complexity index is 462. The van der Waals surface area contributed by atoms with E-state index in [9.17, 15) is 0 Å². The number of halogens is 1. The van der Waals surface area contributed by atoms with Gasteiger partial charge in [-0.15, -0.1) is 0 Å². The third-order valence-electron chi connectivity index (χ3n) is 2.22. The first-order chi connectivity index (χ1) is 6.68. The normalized spacial score (nSPS) is 10.5. The van der Waals surface area contributed by atoms with Gasteiger partial charge in [-0.3, -0.25) is 4.98 Å². The Balaban J connectivity index is 2.55. The molecule has 2 heterocycles. The zero-order valence-electron chi connectivity index (χ0n) is 8.03. The van der Waals surface area contributed by atoms with Crippen LogP contribution >= 0.6 is 15.9 Å². The summed E-state index contributed by atoms with van der Waals surface area (Å²) in [5.41, 5.74) is 3.22. The highest BCUT2D eigenvalue weighted by atomic mass is 79.9. The van der Waals surface area contributed by atoms with Gasteiger partial charge in [0.05, 0.1) is 23.9 Å². The molecule has 0 N–H and O–H groups in total. The van der Waals surface area contributed by atoms with E-state index >= 15 is 0 Å². The number of hydrogen-bond acceptors (Lipinski definition) is 2. The second-order valence-corrected chi connectivity index (χ2v) is 4.06. The SMILES string of the molecule is Cc1ncn(-c2cncc(Br)c2)c1C. The fourth-order valence-corrected chi connectivity index (χ4v) is 1.64. The smallest absolute Gasteiger partial charge is 0.0997 e. The van der Waals surface area contributed by atoms with Crippen molar-refractivity contribution >= 4 is 15.9 Å². The summed E-state index contributed by atoms with van der Waals surface area (Å²) in [6.07, 6.45) is 5.40. The van der Waals surface area contributed by atoms with Crippen molar-refractivity contribution in [3.63, 3.8) is 0 Å². The molecule has 0 radical (unpaired) electrons. The highest BCUT2D eigenvalue weighted by Crippen LogP contribution is 2.16. The molecule has 0 amide bonds. The van der Waals surface area contributed by atoms with E-state index in [-0.39, 0.29) is 0 Å². The van der Waals surface area contributed by atoms with Crippen molar-refractivity contribution in [3.05, 3.63) is 40.6 Å². The topological polar surface area (TPSA) is 30.7 Å². The summed E-state index contributed by atoms with van der Waals surface area (Å²) in [5.74, 6) is 0. The lowest BCUT2D eigenvalue weighted by Gasteiger charge is -2.04. The van der Waals surface area contributed by atoms with Crippen LogP contribution in [0, 0.1) is 13.8 Å². The van der Waals surface area contributed by atoms with Gasteiger partial charge in [0.15, 0.2) is 0 Å². The fraction of sp³-hybridized carbons (Fsp3) is 0.200. The van der Waals surface area contributed by atoms with Crippen LogP contribution in [0.15, 0.2) is 29.3 Å². The van der Waals surface area contributed by atoms with Crippen LogP contribution in [-0.4, -0.2) is 14.5 Å². The molecule has 0 bridgehead atoms. The molecular weight excluding hydrogens is 242 g/mol. The first-order valence-corrected chi connectivity index (χ1v) is 5.09. The summed E-state index contributed by atoms with van der Waals surface area (Å²) in [6.45, 7) is 4.04. The zero-order valence-corrected chi connectivity index (χ0v) is 9.62. The van der Waals surface area contributed by atoms with E-state index in [2.05, 4.69) is 25.9 Å². The summed E-state index contributed by atoms with van der Waals surface area (Å²) in [5, 5.41) is 0. The molecule has 14 heavy (non-hydrogen) atoms. The molecule has 2 aromatic rings. The molecule has 4 heteroatoms. The predicted molar refractivity (Wildman–Crippen MR) is 58.5 cm³/mol. The number of rotatable bonds is 1. The van der Waals surface area contributed by atoms with Crippen molar-refractivity contribution in [2.75, 3.05) is 0 Å². The molecule has 3 nitrogen and oxygen atoms in total. The van der Waals surface area contributed by atoms with E-state index < -0.39 is 0 Å². The maximum atomic E-state index is 4.24. The van der Waals surface area contributed by atoms with E-state index in [0.29, 0.717) is 0 Å². The van der Waals surface area contributed by atoms with Crippen LogP contribution < -0.4 is 0 Å². The first kappa shape index (κ1) is 9.40. The Morgan fingerprint density at radius 1 is 1.29 bits per heavy atom. The number of imidazole rings is 1. The number of nitrogens with zero attached hydrogens (tertiary/aromatic N) is 3. The Labute approximate surface area is 90.9 Å². The van der Waals surface area contributed by atoms with Gasteiger partial charge in [-0.25, -0.2) is 4.98 Å². The van der Waals surface area contributed by atoms with Crippen molar-refractivity contribution in [3.8, 4) is 5.69 Å². The summed E-state index contributed by atoms with van der Waals surface area (Å²) >= 11 is 3.39. The van der Waals surface area contributed by atoms with Crippen molar-refractivity contribution in [2.24, 2.45) is 0 Å². The first-order valence-electron chi connectivity index (χ1n) is 4.30. The molecule has 0 saturated heterocycles. The molecule has 0 atom stereocenters. The van der Waals surface area contributed by atoms with Crippen LogP contribution in [0.1, 0.15) is 11.4 Å². The van der Waals surface area contributed by atoms with E-state index in [1.807, 2.05) is 37.0 Å². The molecule has 0 aliphatic heterocycles. The maximum Gasteiger partial charge on any atom is 0.0997 e. The highest BCUT2D eigenvalue weighted by Gasteiger charge is 2.04. The second-order valence-electron chi connectivity index (χ2n) is 3.15. The van der Waals surface area contributed by atoms with Crippen LogP contribution in [0.25, 0.3) is 5.69 Å². The molecule has 0 spiro atoms. The molecule has 2 aromatic heterocycles. The standard InChI is InChI=1S/C10H10BrN3/c1-7-8(2)14(6-13-7)10-3-9(11)4-12-5-10/h3-6H,1-2H3. The van der Waals surface area contributed by atoms with Gasteiger partial charge < -0.3 is 4.57 Å². The minimum atomic E-state index is 0.973. The summed E-state index contributed by atoms with van der Waals surface area (Å²) in [4.78, 5) is 8.36. The van der Waals surface area contributed by atoms with Crippen LogP contribution in [0.4, 0.5) is 0 Å². The average molecular weight is 252 g/mol. The molecule has 0 aliphatic carbocycles. The lowest BCUT2D eigenvalue weighted by Crippen LogP contribution is -1.95. The number of pyridine rings is 1. The van der Waals surface area contributed by atoms with Crippen molar-refractivity contribution in [2.45, 2.75) is 13.8 Å². The third kappa shape index (κ3) is 1.57. The Hall–Kier alpha value is -1.16. The van der Waals surface area contributed by atoms with Gasteiger partial charge in [0.2, 0.25) is 0 Å². The zero-order chi connectivity index (χ0) is 10.1. The molecule has 0 unspecified atom stereocenters. The van der Waals surface area contributed by atoms with Crippen LogP contribution in [-0.2, 0) is 0 Å². The van der Waals surface area contributed by atoms with Crippen LogP contribution in [0.2, 0.25) is 0 Å². The van der Waals surface area contributed by atoms with Gasteiger partial charge >= 0.3 is 0 Å². The minimum absolute atomic E-state index is 0.973. The molecular formula is C10H10BrN3. The van der Waals surface area contributed by atoms with Gasteiger partial charge in [0.25, 0.3) is 0 Å². The molecule has 72 valence electrons. The van der Waals surface area contributed by atoms with Gasteiger partial charge in [-0.2, -0.15) is 0 Å². The van der Waals surface area contributed by atoms with Crippen LogP contribution in [0.5, 0.6) is 0 Å². The molecule has 2 rings (SSSR count). The fourth-order valence-electron chi connectivity index (χ4n) is 1.29. The van der Waals surface area contributed by atoms with Gasteiger partial charge in [-0.1, -0.05) is 0 Å². The monoisotopic (exact) mass is 251 g/mol. The van der Waals surface area contributed by atoms with Crippen molar-refractivity contribution in [1.29, 1.82) is 0 Å². The van der Waals surface area contributed by atoms with E-state index in [1.165, 1.54) is 0 Å². The van der Waals surface area contributed by atoms with Gasteiger partial charge in [0, 0.05) is 16.4 Å². The molecule has 0 aromatic carbocycles. The van der Waals surface area contributed by atoms with Gasteiger partial charge in [-0.05, 0) is 35.8 Å². The minimum Gasteiger partial charge on any atom is -0.302 e. The highest BCUT2D eigenvalue weighted by molar-refractivity contribution is 9.10. The van der Waals surface area contributed by atoms with Crippen molar-refractivity contribution in [1.82, 2.24) is 14.5 Å². The van der Waals surface area contributed by atoms with Crippen molar-refractivity contribution < 1.29 is 0 Å². The number of aromatic nitrogens is 3. The van der Waals surface area contributed by atoms with E-state index in [4.69, 9.17) is 0 Å².